The van der Waals surface area contributed by atoms with E-state index in [1.54, 1.807) is 48.8 Å². The van der Waals surface area contributed by atoms with Gasteiger partial charge in [0, 0.05) is 35.2 Å². The highest BCUT2D eigenvalue weighted by Gasteiger charge is 2.10. The predicted octanol–water partition coefficient (Wildman–Crippen LogP) is 4.34. The quantitative estimate of drug-likeness (QED) is 0.585. The first-order valence-electron chi connectivity index (χ1n) is 8.66. The Bertz CT molecular complexity index is 1010. The maximum absolute atomic E-state index is 12.3. The minimum atomic E-state index is -0.384. The summed E-state index contributed by atoms with van der Waals surface area (Å²) in [5, 5.41) is 6.31. The molecule has 0 saturated heterocycles. The Morgan fingerprint density at radius 3 is 2.55 bits per heavy atom. The topological polar surface area (TPSA) is 80.3 Å². The Kier molecular flexibility index (Phi) is 7.05. The van der Waals surface area contributed by atoms with Gasteiger partial charge in [-0.25, -0.2) is 0 Å². The summed E-state index contributed by atoms with van der Waals surface area (Å²) in [6.45, 7) is 0.146. The van der Waals surface area contributed by atoms with E-state index in [0.717, 1.165) is 5.56 Å². The Morgan fingerprint density at radius 1 is 1.00 bits per heavy atom. The van der Waals surface area contributed by atoms with Crippen LogP contribution in [0.1, 0.15) is 15.9 Å². The number of benzene rings is 2. The number of carbonyl (C=O) groups is 2. The summed E-state index contributed by atoms with van der Waals surface area (Å²) in [6.07, 6.45) is 3.33. The molecule has 1 aromatic heterocycles. The van der Waals surface area contributed by atoms with Gasteiger partial charge in [-0.15, -0.1) is 0 Å². The first-order chi connectivity index (χ1) is 14.0. The summed E-state index contributed by atoms with van der Waals surface area (Å²) in [7, 11) is 0. The van der Waals surface area contributed by atoms with Crippen LogP contribution in [0.25, 0.3) is 0 Å². The van der Waals surface area contributed by atoms with Crippen molar-refractivity contribution in [1.29, 1.82) is 0 Å². The zero-order chi connectivity index (χ0) is 20.6. The average Bonchev–Trinajstić information content (AvgIpc) is 2.72. The van der Waals surface area contributed by atoms with Crippen LogP contribution in [0.2, 0.25) is 10.0 Å². The molecule has 0 aliphatic rings. The third kappa shape index (κ3) is 6.20. The fourth-order valence-corrected chi connectivity index (χ4v) is 2.92. The number of nitrogens with one attached hydrogen (secondary N) is 2. The first kappa shape index (κ1) is 20.6. The van der Waals surface area contributed by atoms with Crippen molar-refractivity contribution >= 4 is 40.7 Å². The highest BCUT2D eigenvalue weighted by atomic mass is 35.5. The number of anilines is 1. The van der Waals surface area contributed by atoms with Gasteiger partial charge >= 0.3 is 0 Å². The van der Waals surface area contributed by atoms with Gasteiger partial charge in [-0.05, 0) is 54.1 Å². The van der Waals surface area contributed by atoms with E-state index in [-0.39, 0.29) is 18.4 Å². The number of pyridine rings is 1. The zero-order valence-corrected chi connectivity index (χ0v) is 16.7. The van der Waals surface area contributed by atoms with Crippen molar-refractivity contribution in [1.82, 2.24) is 10.3 Å². The number of rotatable bonds is 7. The van der Waals surface area contributed by atoms with Crippen LogP contribution in [0.3, 0.4) is 0 Å². The van der Waals surface area contributed by atoms with E-state index in [4.69, 9.17) is 27.9 Å². The lowest BCUT2D eigenvalue weighted by atomic mass is 10.1. The number of amides is 2. The molecule has 0 atom stereocenters. The predicted molar refractivity (Wildman–Crippen MR) is 112 cm³/mol. The Hall–Kier alpha value is -3.09. The molecule has 2 aromatic carbocycles. The molecule has 0 aliphatic heterocycles. The molecular weight excluding hydrogens is 413 g/mol. The molecule has 2 amide bonds. The lowest BCUT2D eigenvalue weighted by molar-refractivity contribution is -0.118. The summed E-state index contributed by atoms with van der Waals surface area (Å²) in [5.74, 6) is -0.275. The number of aromatic nitrogens is 1. The van der Waals surface area contributed by atoms with Crippen LogP contribution in [0.5, 0.6) is 5.75 Å². The van der Waals surface area contributed by atoms with Gasteiger partial charge in [0.2, 0.25) is 0 Å². The highest BCUT2D eigenvalue weighted by molar-refractivity contribution is 6.35. The van der Waals surface area contributed by atoms with E-state index in [1.807, 2.05) is 12.1 Å². The smallest absolute Gasteiger partial charge is 0.262 e. The fourth-order valence-electron chi connectivity index (χ4n) is 2.46. The van der Waals surface area contributed by atoms with E-state index < -0.39 is 0 Å². The maximum Gasteiger partial charge on any atom is 0.262 e. The van der Waals surface area contributed by atoms with Crippen LogP contribution >= 0.6 is 23.2 Å². The van der Waals surface area contributed by atoms with Crippen LogP contribution in [0.15, 0.2) is 67.0 Å². The highest BCUT2D eigenvalue weighted by Crippen LogP contribution is 2.27. The van der Waals surface area contributed by atoms with Gasteiger partial charge in [0.1, 0.15) is 5.75 Å². The normalized spacial score (nSPS) is 10.3. The number of ether oxygens (including phenoxy) is 1. The standard InChI is InChI=1S/C21H17Cl2N3O3/c22-16-4-5-19(18(23)11-16)29-13-20(27)26-17-3-1-2-15(10-17)21(28)25-12-14-6-8-24-9-7-14/h1-11H,12-13H2,(H,25,28)(H,26,27). The number of carbonyl (C=O) groups excluding carboxylic acids is 2. The molecular formula is C21H17Cl2N3O3. The molecule has 0 aliphatic carbocycles. The van der Waals surface area contributed by atoms with Crippen molar-refractivity contribution in [2.45, 2.75) is 6.54 Å². The van der Waals surface area contributed by atoms with E-state index >= 15 is 0 Å². The number of halogens is 2. The van der Waals surface area contributed by atoms with Crippen LogP contribution < -0.4 is 15.4 Å². The van der Waals surface area contributed by atoms with Crippen LogP contribution in [0, 0.1) is 0 Å². The second-order valence-electron chi connectivity index (χ2n) is 6.03. The molecule has 3 rings (SSSR count). The lowest BCUT2D eigenvalue weighted by Gasteiger charge is -2.10. The third-order valence-corrected chi connectivity index (χ3v) is 4.39. The summed E-state index contributed by atoms with van der Waals surface area (Å²) in [4.78, 5) is 28.4. The second-order valence-corrected chi connectivity index (χ2v) is 6.87. The summed E-state index contributed by atoms with van der Waals surface area (Å²) in [5.41, 5.74) is 1.85. The van der Waals surface area contributed by atoms with Crippen molar-refractivity contribution in [2.75, 3.05) is 11.9 Å². The summed E-state index contributed by atoms with van der Waals surface area (Å²) < 4.78 is 5.40. The van der Waals surface area contributed by atoms with E-state index in [1.165, 1.54) is 6.07 Å². The molecule has 3 aromatic rings. The average molecular weight is 430 g/mol. The van der Waals surface area contributed by atoms with Crippen LogP contribution in [-0.2, 0) is 11.3 Å². The summed E-state index contributed by atoms with van der Waals surface area (Å²) in [6, 6.07) is 15.0. The molecule has 29 heavy (non-hydrogen) atoms. The van der Waals surface area contributed by atoms with Crippen molar-refractivity contribution in [3.8, 4) is 5.75 Å². The van der Waals surface area contributed by atoms with E-state index in [9.17, 15) is 9.59 Å². The molecule has 0 fully saturated rings. The largest absolute Gasteiger partial charge is 0.482 e. The van der Waals surface area contributed by atoms with Crippen molar-refractivity contribution in [3.05, 3.63) is 88.2 Å². The molecule has 0 bridgehead atoms. The number of hydrogen-bond donors (Lipinski definition) is 2. The molecule has 1 heterocycles. The van der Waals surface area contributed by atoms with Gasteiger partial charge < -0.3 is 15.4 Å². The van der Waals surface area contributed by atoms with Crippen molar-refractivity contribution < 1.29 is 14.3 Å². The number of nitrogens with zero attached hydrogens (tertiary/aromatic N) is 1. The van der Waals surface area contributed by atoms with Crippen molar-refractivity contribution in [2.24, 2.45) is 0 Å². The van der Waals surface area contributed by atoms with Gasteiger partial charge in [-0.2, -0.15) is 0 Å². The van der Waals surface area contributed by atoms with Gasteiger partial charge in [-0.3, -0.25) is 14.6 Å². The Morgan fingerprint density at radius 2 is 1.79 bits per heavy atom. The number of hydrogen-bond acceptors (Lipinski definition) is 4. The Balaban J connectivity index is 1.54. The second kappa shape index (κ2) is 9.91. The SMILES string of the molecule is O=C(COc1ccc(Cl)cc1Cl)Nc1cccc(C(=O)NCc2ccncc2)c1. The van der Waals surface area contributed by atoms with Crippen LogP contribution in [-0.4, -0.2) is 23.4 Å². The molecule has 8 heteroatoms. The third-order valence-electron chi connectivity index (χ3n) is 3.86. The van der Waals surface area contributed by atoms with Gasteiger partial charge in [-0.1, -0.05) is 29.3 Å². The molecule has 0 spiro atoms. The Labute approximate surface area is 177 Å². The van der Waals surface area contributed by atoms with Crippen LogP contribution in [0.4, 0.5) is 5.69 Å². The fraction of sp³-hybridized carbons (Fsp3) is 0.0952. The molecule has 0 saturated carbocycles. The first-order valence-corrected chi connectivity index (χ1v) is 9.42. The minimum Gasteiger partial charge on any atom is -0.482 e. The minimum absolute atomic E-state index is 0.236. The van der Waals surface area contributed by atoms with Gasteiger partial charge in [0.25, 0.3) is 11.8 Å². The summed E-state index contributed by atoms with van der Waals surface area (Å²) >= 11 is 11.8. The maximum atomic E-state index is 12.3. The van der Waals surface area contributed by atoms with Gasteiger partial charge in [0.05, 0.1) is 5.02 Å². The van der Waals surface area contributed by atoms with E-state index in [0.29, 0.717) is 33.6 Å². The molecule has 0 radical (unpaired) electrons. The molecule has 0 unspecified atom stereocenters. The molecule has 6 nitrogen and oxygen atoms in total. The zero-order valence-electron chi connectivity index (χ0n) is 15.2. The van der Waals surface area contributed by atoms with Gasteiger partial charge in [0.15, 0.2) is 6.61 Å². The van der Waals surface area contributed by atoms with Crippen molar-refractivity contribution in [3.63, 3.8) is 0 Å². The lowest BCUT2D eigenvalue weighted by Crippen LogP contribution is -2.23. The molecule has 148 valence electrons. The molecule has 2 N–H and O–H groups in total. The van der Waals surface area contributed by atoms with E-state index in [2.05, 4.69) is 15.6 Å². The monoisotopic (exact) mass is 429 g/mol.